The second-order valence-corrected chi connectivity index (χ2v) is 23.2. The van der Waals surface area contributed by atoms with Crippen molar-refractivity contribution in [2.75, 3.05) is 47.7 Å². The van der Waals surface area contributed by atoms with Gasteiger partial charge < -0.3 is 47.2 Å². The first-order valence-corrected chi connectivity index (χ1v) is 29.5. The lowest BCUT2D eigenvalue weighted by molar-refractivity contribution is -0.112. The number of hydrogen-bond acceptors (Lipinski definition) is 12. The van der Waals surface area contributed by atoms with Crippen LogP contribution < -0.4 is 32.3 Å². The Morgan fingerprint density at radius 1 is 0.687 bits per heavy atom. The van der Waals surface area contributed by atoms with Crippen molar-refractivity contribution in [3.63, 3.8) is 0 Å². The maximum atomic E-state index is 13.2. The number of hydrogen-bond donors (Lipinski definition) is 8. The van der Waals surface area contributed by atoms with E-state index in [-0.39, 0.29) is 35.3 Å². The van der Waals surface area contributed by atoms with Crippen LogP contribution >= 0.6 is 50.7 Å². The van der Waals surface area contributed by atoms with Gasteiger partial charge in [-0.1, -0.05) is 87.7 Å². The number of aromatic amines is 2. The summed E-state index contributed by atoms with van der Waals surface area (Å²) in [5.74, 6) is 0.595. The van der Waals surface area contributed by atoms with Gasteiger partial charge in [-0.3, -0.25) is 19.2 Å². The number of para-hydroxylation sites is 2. The molecule has 21 heteroatoms. The standard InChI is InChI=1S/C32H36ClN7O2.C26H27ClN6O.C4H4BrClO/c1-32(39-30(42)21-12-14-22(15-13-21)36-28(41)11-7-17-40(2)3)16-6-8-23(18-32)37-31-35-20-26(33)29(38-31)25-19-34-27-10-5-4-9-24(25)27;1-26(33-24(34)16-8-10-17(28)11-9-16)12-4-5-18(13-26)31-25-30-15-21(27)23(32-25)20-14-29-22-7-3-2-6-19(20)22;5-3-1-2-4(6)7/h4-5,7,9-15,19-20,23,34H,6,8,16-18H2,1-3H3,(H,36,41)(H,39,42)(H,35,37,38);2-3,6-11,14-15,18,29H,4-5,12-13,28H2,1H3,(H,33,34)(H,30,31,32);1-2H,3H2/b11-7+;;2-1+. The third kappa shape index (κ3) is 17.2. The Morgan fingerprint density at radius 2 is 1.16 bits per heavy atom. The van der Waals surface area contributed by atoms with Crippen molar-refractivity contribution >= 4 is 119 Å². The molecule has 17 nitrogen and oxygen atoms in total. The molecule has 0 aliphatic heterocycles. The monoisotopic (exact) mass is 1240 g/mol. The topological polar surface area (TPSA) is 241 Å². The van der Waals surface area contributed by atoms with Crippen LogP contribution in [-0.2, 0) is 9.59 Å². The van der Waals surface area contributed by atoms with E-state index < -0.39 is 10.8 Å². The van der Waals surface area contributed by atoms with Crippen LogP contribution in [0.2, 0.25) is 10.0 Å². The number of alkyl halides is 1. The van der Waals surface area contributed by atoms with E-state index in [1.165, 1.54) is 12.2 Å². The minimum absolute atomic E-state index is 0.0826. The van der Waals surface area contributed by atoms with Crippen LogP contribution in [0.25, 0.3) is 44.3 Å². The van der Waals surface area contributed by atoms with Crippen molar-refractivity contribution in [3.8, 4) is 22.5 Å². The quantitative estimate of drug-likeness (QED) is 0.0195. The Labute approximate surface area is 506 Å². The molecule has 0 radical (unpaired) electrons. The number of benzene rings is 4. The highest BCUT2D eigenvalue weighted by atomic mass is 79.9. The molecule has 4 aromatic carbocycles. The zero-order valence-corrected chi connectivity index (χ0v) is 50.4. The number of carbonyl (C=O) groups excluding carboxylic acids is 4. The molecule has 4 heterocycles. The van der Waals surface area contributed by atoms with Gasteiger partial charge in [-0.25, -0.2) is 19.9 Å². The highest BCUT2D eigenvalue weighted by Gasteiger charge is 2.36. The van der Waals surface area contributed by atoms with Gasteiger partial charge in [0.1, 0.15) is 0 Å². The number of halogens is 4. The van der Waals surface area contributed by atoms with Crippen LogP contribution in [0.5, 0.6) is 0 Å². The molecule has 9 N–H and O–H groups in total. The van der Waals surface area contributed by atoms with E-state index in [1.807, 2.05) is 79.9 Å². The number of carbonyl (C=O) groups is 4. The van der Waals surface area contributed by atoms with Crippen molar-refractivity contribution in [3.05, 3.63) is 167 Å². The van der Waals surface area contributed by atoms with E-state index in [4.69, 9.17) is 50.5 Å². The lowest BCUT2D eigenvalue weighted by Gasteiger charge is -2.39. The van der Waals surface area contributed by atoms with Crippen LogP contribution in [0.15, 0.2) is 146 Å². The SMILES string of the molecule is CC1(NC(=O)c2ccc(N)cc2)CCCC(Nc2ncc(Cl)c(-c3c[nH]c4ccccc34)n2)C1.CN(C)C/C=C/C(=O)Nc1ccc(C(=O)NC2(C)CCCC(Nc3ncc(Cl)c(-c4c[nH]c5ccccc45)n3)C2)cc1.O=C(Cl)/C=C/CBr. The fraction of sp³-hybridized carbons (Fsp3) is 0.290. The largest absolute Gasteiger partial charge is 0.399 e. The third-order valence-electron chi connectivity index (χ3n) is 14.3. The molecule has 10 rings (SSSR count). The minimum Gasteiger partial charge on any atom is -0.399 e. The number of likely N-dealkylation sites (N-methyl/N-ethyl adjacent to an activating group) is 1. The Morgan fingerprint density at radius 3 is 1.60 bits per heavy atom. The second-order valence-electron chi connectivity index (χ2n) is 21.4. The van der Waals surface area contributed by atoms with Crippen molar-refractivity contribution in [2.24, 2.45) is 0 Å². The molecular weight excluding hydrogens is 1180 g/mol. The number of anilines is 4. The molecule has 3 amide bonds. The summed E-state index contributed by atoms with van der Waals surface area (Å²) >= 11 is 21.0. The molecule has 83 heavy (non-hydrogen) atoms. The summed E-state index contributed by atoms with van der Waals surface area (Å²) in [4.78, 5) is 74.8. The van der Waals surface area contributed by atoms with Crippen LogP contribution in [0, 0.1) is 0 Å². The van der Waals surface area contributed by atoms with Gasteiger partial charge in [-0.15, -0.1) is 0 Å². The zero-order chi connectivity index (χ0) is 59.1. The predicted molar refractivity (Wildman–Crippen MR) is 340 cm³/mol. The van der Waals surface area contributed by atoms with Gasteiger partial charge in [0.25, 0.3) is 11.8 Å². The maximum Gasteiger partial charge on any atom is 0.251 e. The number of fused-ring (bicyclic) bond motifs is 2. The Bertz CT molecular complexity index is 3610. The Balaban J connectivity index is 0.000000198. The molecule has 0 spiro atoms. The molecule has 432 valence electrons. The molecule has 4 atom stereocenters. The number of aromatic nitrogens is 6. The zero-order valence-electron chi connectivity index (χ0n) is 46.5. The Hall–Kier alpha value is -7.61. The van der Waals surface area contributed by atoms with E-state index in [0.717, 1.165) is 84.3 Å². The number of H-pyrrole nitrogens is 2. The number of rotatable bonds is 16. The van der Waals surface area contributed by atoms with Gasteiger partial charge in [0.2, 0.25) is 23.0 Å². The van der Waals surface area contributed by atoms with E-state index >= 15 is 0 Å². The number of amides is 3. The summed E-state index contributed by atoms with van der Waals surface area (Å²) in [6, 6.07) is 30.2. The van der Waals surface area contributed by atoms with Gasteiger partial charge in [-0.2, -0.15) is 0 Å². The van der Waals surface area contributed by atoms with Crippen LogP contribution in [0.4, 0.5) is 23.3 Å². The first kappa shape index (κ1) is 61.5. The molecule has 2 aliphatic carbocycles. The fourth-order valence-electron chi connectivity index (χ4n) is 10.3. The number of nitrogens with zero attached hydrogens (tertiary/aromatic N) is 5. The molecule has 4 aromatic heterocycles. The first-order chi connectivity index (χ1) is 39.9. The summed E-state index contributed by atoms with van der Waals surface area (Å²) in [6.07, 6.45) is 20.5. The number of nitrogen functional groups attached to an aromatic ring is 1. The summed E-state index contributed by atoms with van der Waals surface area (Å²) in [5, 5.41) is 19.6. The van der Waals surface area contributed by atoms with E-state index in [2.05, 4.69) is 76.3 Å². The van der Waals surface area contributed by atoms with Gasteiger partial charge in [-0.05, 0) is 158 Å². The van der Waals surface area contributed by atoms with Gasteiger partial charge >= 0.3 is 0 Å². The minimum atomic E-state index is -0.431. The number of allylic oxidation sites excluding steroid dienone is 2. The molecule has 2 aliphatic rings. The Kier molecular flexibility index (Phi) is 21.2. The highest BCUT2D eigenvalue weighted by Crippen LogP contribution is 2.36. The van der Waals surface area contributed by atoms with Crippen LogP contribution in [0.1, 0.15) is 85.9 Å². The summed E-state index contributed by atoms with van der Waals surface area (Å²) in [5.41, 5.74) is 12.7. The van der Waals surface area contributed by atoms with Crippen LogP contribution in [0.3, 0.4) is 0 Å². The highest BCUT2D eigenvalue weighted by molar-refractivity contribution is 9.09. The van der Waals surface area contributed by atoms with Crippen molar-refractivity contribution in [1.29, 1.82) is 0 Å². The molecule has 2 fully saturated rings. The maximum absolute atomic E-state index is 13.2. The summed E-state index contributed by atoms with van der Waals surface area (Å²) < 4.78 is 0. The lowest BCUT2D eigenvalue weighted by Crippen LogP contribution is -2.51. The van der Waals surface area contributed by atoms with Crippen LogP contribution in [-0.4, -0.2) is 107 Å². The molecule has 2 saturated carbocycles. The molecule has 0 bridgehead atoms. The average Bonchev–Trinajstić information content (AvgIpc) is 4.33. The molecule has 0 saturated heterocycles. The lowest BCUT2D eigenvalue weighted by atomic mass is 9.80. The van der Waals surface area contributed by atoms with Gasteiger partial charge in [0.15, 0.2) is 0 Å². The van der Waals surface area contributed by atoms with Gasteiger partial charge in [0, 0.05) is 109 Å². The van der Waals surface area contributed by atoms with Crippen molar-refractivity contribution < 1.29 is 19.2 Å². The normalized spacial score (nSPS) is 18.7. The average molecular weight is 1240 g/mol. The van der Waals surface area contributed by atoms with E-state index in [9.17, 15) is 19.2 Å². The van der Waals surface area contributed by atoms with Crippen molar-refractivity contribution in [1.82, 2.24) is 45.4 Å². The third-order valence-corrected chi connectivity index (χ3v) is 15.3. The molecule has 4 unspecified atom stereocenters. The second kappa shape index (κ2) is 28.6. The van der Waals surface area contributed by atoms with Gasteiger partial charge in [0.05, 0.1) is 33.8 Å². The fourth-order valence-corrected chi connectivity index (χ4v) is 11.0. The predicted octanol–water partition coefficient (Wildman–Crippen LogP) is 13.0. The summed E-state index contributed by atoms with van der Waals surface area (Å²) in [7, 11) is 3.87. The van der Waals surface area contributed by atoms with E-state index in [1.54, 1.807) is 73.1 Å². The molecule has 8 aromatic rings. The van der Waals surface area contributed by atoms with Crippen molar-refractivity contribution in [2.45, 2.75) is 88.4 Å². The van der Waals surface area contributed by atoms with E-state index in [0.29, 0.717) is 67.7 Å². The molecular formula is C62H67BrCl3N13O4. The first-order valence-electron chi connectivity index (χ1n) is 27.2. The smallest absolute Gasteiger partial charge is 0.251 e. The summed E-state index contributed by atoms with van der Waals surface area (Å²) in [6.45, 7) is 4.85. The number of nitrogens with one attached hydrogen (secondary N) is 7. The number of nitrogens with two attached hydrogens (primary N) is 1.